The molecule has 0 saturated carbocycles. The molecule has 0 aliphatic carbocycles. The number of phenols is 1. The fourth-order valence-electron chi connectivity index (χ4n) is 1.79. The maximum absolute atomic E-state index is 12.0. The summed E-state index contributed by atoms with van der Waals surface area (Å²) in [7, 11) is 0. The number of hydrogen-bond acceptors (Lipinski definition) is 6. The molecule has 0 aliphatic rings. The van der Waals surface area contributed by atoms with Crippen molar-refractivity contribution in [1.29, 1.82) is 5.26 Å². The molecule has 0 saturated heterocycles. The van der Waals surface area contributed by atoms with Crippen molar-refractivity contribution in [2.24, 2.45) is 0 Å². The highest BCUT2D eigenvalue weighted by Gasteiger charge is 2.13. The number of amides is 1. The van der Waals surface area contributed by atoms with Gasteiger partial charge in [-0.15, -0.1) is 0 Å². The van der Waals surface area contributed by atoms with Crippen molar-refractivity contribution in [3.8, 4) is 11.8 Å². The van der Waals surface area contributed by atoms with E-state index >= 15 is 0 Å². The second-order valence-corrected chi connectivity index (χ2v) is 5.15. The lowest BCUT2D eigenvalue weighted by atomic mass is 10.2. The maximum Gasteiger partial charge on any atom is 0.289 e. The van der Waals surface area contributed by atoms with E-state index in [-0.39, 0.29) is 22.0 Å². The van der Waals surface area contributed by atoms with Gasteiger partial charge in [0.15, 0.2) is 0 Å². The summed E-state index contributed by atoms with van der Waals surface area (Å²) in [6.07, 6.45) is 1.13. The van der Waals surface area contributed by atoms with Crippen LogP contribution in [-0.4, -0.2) is 15.9 Å². The van der Waals surface area contributed by atoms with E-state index in [1.165, 1.54) is 42.5 Å². The summed E-state index contributed by atoms with van der Waals surface area (Å²) in [5, 5.41) is 34.2. The molecule has 2 aromatic rings. The van der Waals surface area contributed by atoms with Crippen LogP contribution in [-0.2, 0) is 4.79 Å². The average Bonchev–Trinajstić information content (AvgIpc) is 2.58. The van der Waals surface area contributed by atoms with E-state index in [1.807, 2.05) is 0 Å². The van der Waals surface area contributed by atoms with Crippen molar-refractivity contribution >= 4 is 34.6 Å². The molecule has 1 amide bonds. The van der Waals surface area contributed by atoms with Crippen LogP contribution in [0.3, 0.4) is 0 Å². The van der Waals surface area contributed by atoms with Gasteiger partial charge in [-0.2, -0.15) is 5.26 Å². The predicted molar refractivity (Wildman–Crippen MR) is 92.2 cm³/mol. The first-order chi connectivity index (χ1) is 11.9. The van der Waals surface area contributed by atoms with E-state index < -0.39 is 10.8 Å². The normalized spacial score (nSPS) is 10.6. The first kappa shape index (κ1) is 17.8. The minimum atomic E-state index is -0.677. The average molecular weight is 359 g/mol. The van der Waals surface area contributed by atoms with Crippen LogP contribution in [0.5, 0.6) is 5.75 Å². The standard InChI is InChI=1S/C16H11ClN4O4/c17-14-6-3-12(7-15(14)21(24)25)19-9-10(8-18)16(23)20-11-1-4-13(22)5-2-11/h1-7,9,19,22H,(H,20,23)/b10-9-. The number of anilines is 2. The molecule has 9 heteroatoms. The quantitative estimate of drug-likeness (QED) is 0.247. The van der Waals surface area contributed by atoms with E-state index in [0.29, 0.717) is 11.4 Å². The maximum atomic E-state index is 12.0. The van der Waals surface area contributed by atoms with Crippen molar-refractivity contribution in [2.75, 3.05) is 10.6 Å². The number of phenolic OH excluding ortho intramolecular Hbond substituents is 1. The van der Waals surface area contributed by atoms with Gasteiger partial charge in [0.05, 0.1) is 4.92 Å². The van der Waals surface area contributed by atoms with E-state index in [0.717, 1.165) is 6.20 Å². The Balaban J connectivity index is 2.13. The molecule has 0 atom stereocenters. The SMILES string of the molecule is N#C/C(=C/Nc1ccc(Cl)c([N+](=O)[O-])c1)C(=O)Nc1ccc(O)cc1. The van der Waals surface area contributed by atoms with Crippen LogP contribution in [0.2, 0.25) is 5.02 Å². The molecule has 0 aliphatic heterocycles. The number of hydrogen-bond donors (Lipinski definition) is 3. The predicted octanol–water partition coefficient (Wildman–Crippen LogP) is 3.41. The third-order valence-electron chi connectivity index (χ3n) is 3.02. The highest BCUT2D eigenvalue weighted by Crippen LogP contribution is 2.27. The minimum Gasteiger partial charge on any atom is -0.508 e. The molecule has 2 aromatic carbocycles. The van der Waals surface area contributed by atoms with Crippen LogP contribution in [0.1, 0.15) is 0 Å². The lowest BCUT2D eigenvalue weighted by molar-refractivity contribution is -0.384. The van der Waals surface area contributed by atoms with Gasteiger partial charge in [0.2, 0.25) is 0 Å². The first-order valence-electron chi connectivity index (χ1n) is 6.82. The van der Waals surface area contributed by atoms with Crippen LogP contribution >= 0.6 is 11.6 Å². The molecular weight excluding hydrogens is 348 g/mol. The van der Waals surface area contributed by atoms with E-state index in [1.54, 1.807) is 6.07 Å². The monoisotopic (exact) mass is 358 g/mol. The number of halogens is 1. The second-order valence-electron chi connectivity index (χ2n) is 4.74. The molecular formula is C16H11ClN4O4. The molecule has 126 valence electrons. The molecule has 0 bridgehead atoms. The van der Waals surface area contributed by atoms with E-state index in [2.05, 4.69) is 10.6 Å². The van der Waals surface area contributed by atoms with Gasteiger partial charge >= 0.3 is 0 Å². The summed E-state index contributed by atoms with van der Waals surface area (Å²) < 4.78 is 0. The number of nitriles is 1. The number of nitro benzene ring substituents is 1. The lowest BCUT2D eigenvalue weighted by Crippen LogP contribution is -2.14. The molecule has 0 radical (unpaired) electrons. The largest absolute Gasteiger partial charge is 0.508 e. The molecule has 0 aromatic heterocycles. The van der Waals surface area contributed by atoms with Crippen molar-refractivity contribution in [2.45, 2.75) is 0 Å². The fourth-order valence-corrected chi connectivity index (χ4v) is 1.98. The Hall–Kier alpha value is -3.57. The Labute approximate surface area is 147 Å². The minimum absolute atomic E-state index is 0.0230. The lowest BCUT2D eigenvalue weighted by Gasteiger charge is -2.06. The summed E-state index contributed by atoms with van der Waals surface area (Å²) in [5.74, 6) is -0.635. The molecule has 25 heavy (non-hydrogen) atoms. The van der Waals surface area contributed by atoms with Gasteiger partial charge in [-0.1, -0.05) is 11.6 Å². The summed E-state index contributed by atoms with van der Waals surface area (Å²) >= 11 is 5.71. The van der Waals surface area contributed by atoms with Gasteiger partial charge in [0.1, 0.15) is 22.4 Å². The van der Waals surface area contributed by atoms with Gasteiger partial charge in [-0.25, -0.2) is 0 Å². The summed E-state index contributed by atoms with van der Waals surface area (Å²) in [5.41, 5.74) is 0.144. The Kier molecular flexibility index (Phi) is 5.55. The zero-order chi connectivity index (χ0) is 18.4. The van der Waals surface area contributed by atoms with Crippen LogP contribution in [0.15, 0.2) is 54.2 Å². The van der Waals surface area contributed by atoms with Gasteiger partial charge in [-0.3, -0.25) is 14.9 Å². The number of carbonyl (C=O) groups excluding carboxylic acids is 1. The van der Waals surface area contributed by atoms with Crippen LogP contribution < -0.4 is 10.6 Å². The Morgan fingerprint density at radius 1 is 1.24 bits per heavy atom. The van der Waals surface area contributed by atoms with Crippen LogP contribution in [0.4, 0.5) is 17.1 Å². The number of nitro groups is 1. The first-order valence-corrected chi connectivity index (χ1v) is 7.19. The molecule has 2 rings (SSSR count). The number of carbonyl (C=O) groups is 1. The second kappa shape index (κ2) is 7.81. The number of nitrogens with zero attached hydrogens (tertiary/aromatic N) is 2. The Morgan fingerprint density at radius 3 is 2.48 bits per heavy atom. The highest BCUT2D eigenvalue weighted by molar-refractivity contribution is 6.32. The highest BCUT2D eigenvalue weighted by atomic mass is 35.5. The third-order valence-corrected chi connectivity index (χ3v) is 3.34. The van der Waals surface area contributed by atoms with Crippen molar-refractivity contribution in [1.82, 2.24) is 0 Å². The van der Waals surface area contributed by atoms with E-state index in [9.17, 15) is 20.0 Å². The summed E-state index contributed by atoms with van der Waals surface area (Å²) in [6.45, 7) is 0. The Bertz CT molecular complexity index is 888. The Morgan fingerprint density at radius 2 is 1.88 bits per heavy atom. The van der Waals surface area contributed by atoms with Crippen molar-refractivity contribution in [3.05, 3.63) is 69.4 Å². The molecule has 0 fully saturated rings. The number of benzene rings is 2. The van der Waals surface area contributed by atoms with E-state index in [4.69, 9.17) is 16.9 Å². The molecule has 8 nitrogen and oxygen atoms in total. The van der Waals surface area contributed by atoms with Gasteiger partial charge in [0, 0.05) is 23.6 Å². The fraction of sp³-hybridized carbons (Fsp3) is 0. The summed E-state index contributed by atoms with van der Waals surface area (Å²) in [4.78, 5) is 22.3. The van der Waals surface area contributed by atoms with Gasteiger partial charge < -0.3 is 15.7 Å². The zero-order valence-corrected chi connectivity index (χ0v) is 13.3. The topological polar surface area (TPSA) is 128 Å². The smallest absolute Gasteiger partial charge is 0.289 e. The van der Waals surface area contributed by atoms with Crippen LogP contribution in [0, 0.1) is 21.4 Å². The van der Waals surface area contributed by atoms with Crippen molar-refractivity contribution < 1.29 is 14.8 Å². The number of nitrogens with one attached hydrogen (secondary N) is 2. The van der Waals surface area contributed by atoms with Crippen LogP contribution in [0.25, 0.3) is 0 Å². The van der Waals surface area contributed by atoms with Crippen molar-refractivity contribution in [3.63, 3.8) is 0 Å². The van der Waals surface area contributed by atoms with Gasteiger partial charge in [0.25, 0.3) is 11.6 Å². The molecule has 0 heterocycles. The number of aromatic hydroxyl groups is 1. The number of rotatable bonds is 5. The van der Waals surface area contributed by atoms with Gasteiger partial charge in [-0.05, 0) is 36.4 Å². The summed E-state index contributed by atoms with van der Waals surface area (Å²) in [6, 6.07) is 11.4. The molecule has 3 N–H and O–H groups in total. The molecule has 0 unspecified atom stereocenters. The third kappa shape index (κ3) is 4.70. The zero-order valence-electron chi connectivity index (χ0n) is 12.6. The molecule has 0 spiro atoms.